The van der Waals surface area contributed by atoms with Crippen molar-refractivity contribution >= 4 is 5.97 Å². The highest BCUT2D eigenvalue weighted by Crippen LogP contribution is 2.51. The molecule has 5 nitrogen and oxygen atoms in total. The van der Waals surface area contributed by atoms with Crippen LogP contribution in [0.4, 0.5) is 0 Å². The van der Waals surface area contributed by atoms with Gasteiger partial charge in [-0.3, -0.25) is 0 Å². The highest BCUT2D eigenvalue weighted by molar-refractivity contribution is 5.71. The quantitative estimate of drug-likeness (QED) is 0.677. The number of carbonyl (C=O) groups is 1. The van der Waals surface area contributed by atoms with Crippen LogP contribution in [0, 0.1) is 5.92 Å². The summed E-state index contributed by atoms with van der Waals surface area (Å²) in [5.41, 5.74) is 1.67. The molecule has 154 valence electrons. The van der Waals surface area contributed by atoms with Crippen LogP contribution in [0.5, 0.6) is 11.5 Å². The van der Waals surface area contributed by atoms with Gasteiger partial charge in [-0.25, -0.2) is 4.79 Å². The summed E-state index contributed by atoms with van der Waals surface area (Å²) >= 11 is 0. The van der Waals surface area contributed by atoms with Gasteiger partial charge in [-0.05, 0) is 57.4 Å². The van der Waals surface area contributed by atoms with Gasteiger partial charge in [-0.2, -0.15) is 0 Å². The Morgan fingerprint density at radius 3 is 2.72 bits per heavy atom. The Morgan fingerprint density at radius 2 is 1.93 bits per heavy atom. The Bertz CT molecular complexity index is 861. The molecule has 0 amide bonds. The molecule has 2 aromatic carbocycles. The molecule has 0 saturated carbocycles. The van der Waals surface area contributed by atoms with E-state index in [4.69, 9.17) is 18.9 Å². The van der Waals surface area contributed by atoms with Crippen molar-refractivity contribution in [1.29, 1.82) is 0 Å². The monoisotopic (exact) mass is 396 g/mol. The molecule has 0 bridgehead atoms. The van der Waals surface area contributed by atoms with E-state index in [0.717, 1.165) is 29.7 Å². The van der Waals surface area contributed by atoms with E-state index >= 15 is 0 Å². The van der Waals surface area contributed by atoms with Crippen molar-refractivity contribution in [3.63, 3.8) is 0 Å². The van der Waals surface area contributed by atoms with E-state index in [0.29, 0.717) is 5.75 Å². The zero-order chi connectivity index (χ0) is 20.4. The average Bonchev–Trinajstić information content (AvgIpc) is 2.71. The number of fused-ring (bicyclic) bond motifs is 3. The topological polar surface area (TPSA) is 54.0 Å². The minimum atomic E-state index is -0.399. The first-order chi connectivity index (χ1) is 13.9. The summed E-state index contributed by atoms with van der Waals surface area (Å²) in [6.45, 7) is 6.47. The molecule has 2 heterocycles. The number of rotatable bonds is 5. The maximum Gasteiger partial charge on any atom is 0.344 e. The molecule has 1 saturated heterocycles. The lowest BCUT2D eigenvalue weighted by Crippen LogP contribution is -2.48. The lowest BCUT2D eigenvalue weighted by atomic mass is 9.75. The average molecular weight is 396 g/mol. The molecule has 2 aromatic rings. The SMILES string of the molecule is C[C@H]1CC[C@H]2[C@H](O1)c1cc(OCC(=O)OCc3ccccc3)ccc1OC2(C)C. The Hall–Kier alpha value is -2.53. The third-order valence-electron chi connectivity index (χ3n) is 5.78. The van der Waals surface area contributed by atoms with Gasteiger partial charge in [0, 0.05) is 11.5 Å². The standard InChI is InChI=1S/C24H28O5/c1-16-9-11-20-23(28-16)19-13-18(10-12-21(19)29-24(20,2)3)26-15-22(25)27-14-17-7-5-4-6-8-17/h4-8,10,12-13,16,20,23H,9,11,14-15H2,1-3H3/t16-,20-,23+/m0/s1. The summed E-state index contributed by atoms with van der Waals surface area (Å²) in [7, 11) is 0. The first-order valence-electron chi connectivity index (χ1n) is 10.2. The molecular weight excluding hydrogens is 368 g/mol. The van der Waals surface area contributed by atoms with Crippen molar-refractivity contribution < 1.29 is 23.7 Å². The number of carbonyl (C=O) groups excluding carboxylic acids is 1. The van der Waals surface area contributed by atoms with Crippen LogP contribution in [-0.2, 0) is 20.9 Å². The van der Waals surface area contributed by atoms with Crippen LogP contribution in [0.25, 0.3) is 0 Å². The third kappa shape index (κ3) is 4.40. The number of benzene rings is 2. The molecule has 0 aliphatic carbocycles. The van der Waals surface area contributed by atoms with Crippen LogP contribution in [0.2, 0.25) is 0 Å². The molecule has 3 atom stereocenters. The van der Waals surface area contributed by atoms with Gasteiger partial charge < -0.3 is 18.9 Å². The van der Waals surface area contributed by atoms with Crippen LogP contribution in [0.1, 0.15) is 50.8 Å². The highest BCUT2D eigenvalue weighted by Gasteiger charge is 2.47. The predicted molar refractivity (Wildman–Crippen MR) is 109 cm³/mol. The second-order valence-electron chi connectivity index (χ2n) is 8.39. The highest BCUT2D eigenvalue weighted by atomic mass is 16.6. The van der Waals surface area contributed by atoms with Crippen molar-refractivity contribution in [1.82, 2.24) is 0 Å². The van der Waals surface area contributed by atoms with Crippen molar-refractivity contribution in [3.8, 4) is 11.5 Å². The molecule has 2 aliphatic rings. The Labute approximate surface area is 171 Å². The summed E-state index contributed by atoms with van der Waals surface area (Å²) in [5, 5.41) is 0. The van der Waals surface area contributed by atoms with Crippen molar-refractivity contribution in [3.05, 3.63) is 59.7 Å². The summed E-state index contributed by atoms with van der Waals surface area (Å²) in [5.74, 6) is 1.33. The van der Waals surface area contributed by atoms with Gasteiger partial charge in [0.05, 0.1) is 12.2 Å². The molecule has 0 spiro atoms. The largest absolute Gasteiger partial charge is 0.487 e. The molecule has 2 aliphatic heterocycles. The minimum Gasteiger partial charge on any atom is -0.487 e. The number of hydrogen-bond donors (Lipinski definition) is 0. The molecule has 0 aromatic heterocycles. The van der Waals surface area contributed by atoms with Gasteiger partial charge in [0.15, 0.2) is 6.61 Å². The van der Waals surface area contributed by atoms with Crippen LogP contribution < -0.4 is 9.47 Å². The van der Waals surface area contributed by atoms with Crippen LogP contribution in [0.3, 0.4) is 0 Å². The van der Waals surface area contributed by atoms with Gasteiger partial charge >= 0.3 is 5.97 Å². The summed E-state index contributed by atoms with van der Waals surface area (Å²) in [4.78, 5) is 12.0. The molecule has 0 N–H and O–H groups in total. The number of ether oxygens (including phenoxy) is 4. The normalized spacial score (nSPS) is 24.6. The maximum absolute atomic E-state index is 12.0. The first-order valence-corrected chi connectivity index (χ1v) is 10.2. The van der Waals surface area contributed by atoms with Crippen molar-refractivity contribution in [2.24, 2.45) is 5.92 Å². The molecule has 0 radical (unpaired) electrons. The van der Waals surface area contributed by atoms with Crippen LogP contribution >= 0.6 is 0 Å². The fourth-order valence-electron chi connectivity index (χ4n) is 4.19. The predicted octanol–water partition coefficient (Wildman–Crippen LogP) is 4.84. The Kier molecular flexibility index (Phi) is 5.50. The maximum atomic E-state index is 12.0. The van der Waals surface area contributed by atoms with E-state index in [1.807, 2.05) is 48.5 Å². The van der Waals surface area contributed by atoms with Gasteiger partial charge in [-0.15, -0.1) is 0 Å². The lowest BCUT2D eigenvalue weighted by molar-refractivity contribution is -0.147. The second kappa shape index (κ2) is 8.07. The fourth-order valence-corrected chi connectivity index (χ4v) is 4.19. The van der Waals surface area contributed by atoms with E-state index in [9.17, 15) is 4.79 Å². The summed E-state index contributed by atoms with van der Waals surface area (Å²) in [6, 6.07) is 15.3. The molecule has 0 unspecified atom stereocenters. The smallest absolute Gasteiger partial charge is 0.344 e. The molecule has 4 rings (SSSR count). The minimum absolute atomic E-state index is 0.0221. The van der Waals surface area contributed by atoms with Crippen LogP contribution in [0.15, 0.2) is 48.5 Å². The zero-order valence-corrected chi connectivity index (χ0v) is 17.2. The van der Waals surface area contributed by atoms with Crippen LogP contribution in [-0.4, -0.2) is 24.3 Å². The van der Waals surface area contributed by atoms with E-state index in [-0.39, 0.29) is 36.9 Å². The van der Waals surface area contributed by atoms with Crippen molar-refractivity contribution in [2.75, 3.05) is 6.61 Å². The first kappa shape index (κ1) is 19.8. The third-order valence-corrected chi connectivity index (χ3v) is 5.78. The number of esters is 1. The molecule has 29 heavy (non-hydrogen) atoms. The van der Waals surface area contributed by atoms with E-state index in [2.05, 4.69) is 20.8 Å². The summed E-state index contributed by atoms with van der Waals surface area (Å²) in [6.07, 6.45) is 2.30. The molecule has 1 fully saturated rings. The Morgan fingerprint density at radius 1 is 1.14 bits per heavy atom. The van der Waals surface area contributed by atoms with Gasteiger partial charge in [0.2, 0.25) is 0 Å². The van der Waals surface area contributed by atoms with Gasteiger partial charge in [0.1, 0.15) is 23.7 Å². The van der Waals surface area contributed by atoms with Gasteiger partial charge in [0.25, 0.3) is 0 Å². The van der Waals surface area contributed by atoms with E-state index < -0.39 is 5.97 Å². The Balaban J connectivity index is 1.41. The number of hydrogen-bond acceptors (Lipinski definition) is 5. The lowest BCUT2D eigenvalue weighted by Gasteiger charge is -2.48. The van der Waals surface area contributed by atoms with Gasteiger partial charge in [-0.1, -0.05) is 30.3 Å². The second-order valence-corrected chi connectivity index (χ2v) is 8.39. The van der Waals surface area contributed by atoms with E-state index in [1.54, 1.807) is 0 Å². The zero-order valence-electron chi connectivity index (χ0n) is 17.2. The molecule has 5 heteroatoms. The fraction of sp³-hybridized carbons (Fsp3) is 0.458. The van der Waals surface area contributed by atoms with E-state index in [1.165, 1.54) is 0 Å². The molecular formula is C24H28O5. The van der Waals surface area contributed by atoms with Crippen molar-refractivity contribution in [2.45, 2.75) is 58.0 Å². The summed E-state index contributed by atoms with van der Waals surface area (Å²) < 4.78 is 23.5.